The first-order valence-corrected chi connectivity index (χ1v) is 9.65. The van der Waals surface area contributed by atoms with E-state index in [0.717, 1.165) is 46.6 Å². The number of anilines is 2. The molecule has 0 fully saturated rings. The van der Waals surface area contributed by atoms with Crippen molar-refractivity contribution in [2.24, 2.45) is 0 Å². The zero-order chi connectivity index (χ0) is 20.1. The summed E-state index contributed by atoms with van der Waals surface area (Å²) in [6.07, 6.45) is 0. The van der Waals surface area contributed by atoms with Crippen molar-refractivity contribution in [3.05, 3.63) is 59.7 Å². The molecule has 3 aromatic rings. The summed E-state index contributed by atoms with van der Waals surface area (Å²) in [5.74, 6) is 1.48. The number of aromatic nitrogens is 1. The van der Waals surface area contributed by atoms with Crippen molar-refractivity contribution < 1.29 is 9.53 Å². The SMILES string of the molecule is CCN(CC)c1cc(C)c2cc(NC(=O)COc3ccc(C)cc3)ccc2n1. The molecule has 1 N–H and O–H groups in total. The smallest absolute Gasteiger partial charge is 0.262 e. The highest BCUT2D eigenvalue weighted by Crippen LogP contribution is 2.25. The number of hydrogen-bond acceptors (Lipinski definition) is 4. The number of fused-ring (bicyclic) bond motifs is 1. The zero-order valence-corrected chi connectivity index (χ0v) is 17.0. The van der Waals surface area contributed by atoms with Crippen LogP contribution in [0.5, 0.6) is 5.75 Å². The van der Waals surface area contributed by atoms with Crippen LogP contribution in [0.15, 0.2) is 48.5 Å². The monoisotopic (exact) mass is 377 g/mol. The molecule has 2 aromatic carbocycles. The lowest BCUT2D eigenvalue weighted by molar-refractivity contribution is -0.118. The molecule has 146 valence electrons. The summed E-state index contributed by atoms with van der Waals surface area (Å²) in [4.78, 5) is 19.2. The first-order chi connectivity index (χ1) is 13.5. The van der Waals surface area contributed by atoms with Crippen LogP contribution in [0.3, 0.4) is 0 Å². The topological polar surface area (TPSA) is 54.5 Å². The molecule has 0 atom stereocenters. The van der Waals surface area contributed by atoms with Crippen LogP contribution in [0.1, 0.15) is 25.0 Å². The number of nitrogens with zero attached hydrogens (tertiary/aromatic N) is 2. The van der Waals surface area contributed by atoms with E-state index >= 15 is 0 Å². The molecule has 0 saturated heterocycles. The number of aryl methyl sites for hydroxylation is 2. The highest BCUT2D eigenvalue weighted by atomic mass is 16.5. The largest absolute Gasteiger partial charge is 0.484 e. The average Bonchev–Trinajstić information content (AvgIpc) is 2.69. The van der Waals surface area contributed by atoms with E-state index in [1.54, 1.807) is 0 Å². The fraction of sp³-hybridized carbons (Fsp3) is 0.304. The third-order valence-electron chi connectivity index (χ3n) is 4.76. The van der Waals surface area contributed by atoms with Gasteiger partial charge in [0.1, 0.15) is 11.6 Å². The van der Waals surface area contributed by atoms with Gasteiger partial charge in [-0.1, -0.05) is 17.7 Å². The molecular formula is C23H27N3O2. The van der Waals surface area contributed by atoms with Crippen molar-refractivity contribution >= 4 is 28.3 Å². The number of ether oxygens (including phenoxy) is 1. The first-order valence-electron chi connectivity index (χ1n) is 9.65. The van der Waals surface area contributed by atoms with Gasteiger partial charge in [0.2, 0.25) is 0 Å². The van der Waals surface area contributed by atoms with E-state index in [1.807, 2.05) is 49.4 Å². The molecule has 0 aliphatic carbocycles. The van der Waals surface area contributed by atoms with Gasteiger partial charge >= 0.3 is 0 Å². The summed E-state index contributed by atoms with van der Waals surface area (Å²) in [5.41, 5.74) is 3.96. The molecule has 3 rings (SSSR count). The molecule has 0 bridgehead atoms. The maximum atomic E-state index is 12.2. The Morgan fingerprint density at radius 3 is 2.43 bits per heavy atom. The van der Waals surface area contributed by atoms with Gasteiger partial charge in [0.25, 0.3) is 5.91 Å². The summed E-state index contributed by atoms with van der Waals surface area (Å²) in [6.45, 7) is 10.2. The summed E-state index contributed by atoms with van der Waals surface area (Å²) >= 11 is 0. The molecule has 5 heteroatoms. The number of hydrogen-bond donors (Lipinski definition) is 1. The summed E-state index contributed by atoms with van der Waals surface area (Å²) in [7, 11) is 0. The number of pyridine rings is 1. The van der Waals surface area contributed by atoms with Crippen LogP contribution in [0, 0.1) is 13.8 Å². The Bertz CT molecular complexity index is 963. The summed E-state index contributed by atoms with van der Waals surface area (Å²) in [5, 5.41) is 3.94. The maximum Gasteiger partial charge on any atom is 0.262 e. The number of carbonyl (C=O) groups is 1. The minimum Gasteiger partial charge on any atom is -0.484 e. The number of benzene rings is 2. The van der Waals surface area contributed by atoms with E-state index in [1.165, 1.54) is 0 Å². The van der Waals surface area contributed by atoms with E-state index in [9.17, 15) is 4.79 Å². The van der Waals surface area contributed by atoms with Gasteiger partial charge in [-0.2, -0.15) is 0 Å². The van der Waals surface area contributed by atoms with Gasteiger partial charge in [0.15, 0.2) is 6.61 Å². The van der Waals surface area contributed by atoms with Crippen LogP contribution >= 0.6 is 0 Å². The minimum absolute atomic E-state index is 0.0285. The fourth-order valence-electron chi connectivity index (χ4n) is 3.14. The predicted octanol–water partition coefficient (Wildman–Crippen LogP) is 4.72. The molecule has 0 spiro atoms. The van der Waals surface area contributed by atoms with Gasteiger partial charge in [0, 0.05) is 24.2 Å². The first kappa shape index (κ1) is 19.7. The maximum absolute atomic E-state index is 12.2. The lowest BCUT2D eigenvalue weighted by Gasteiger charge is -2.21. The van der Waals surface area contributed by atoms with Crippen LogP contribution in [-0.4, -0.2) is 30.6 Å². The van der Waals surface area contributed by atoms with Gasteiger partial charge in [-0.15, -0.1) is 0 Å². The lowest BCUT2D eigenvalue weighted by Crippen LogP contribution is -2.23. The normalized spacial score (nSPS) is 10.7. The second-order valence-electron chi connectivity index (χ2n) is 6.85. The molecule has 0 saturated carbocycles. The Labute approximate surface area is 166 Å². The van der Waals surface area contributed by atoms with Crippen molar-refractivity contribution in [3.8, 4) is 5.75 Å². The van der Waals surface area contributed by atoms with E-state index < -0.39 is 0 Å². The summed E-state index contributed by atoms with van der Waals surface area (Å²) < 4.78 is 5.54. The molecular weight excluding hydrogens is 350 g/mol. The summed E-state index contributed by atoms with van der Waals surface area (Å²) in [6, 6.07) is 15.5. The van der Waals surface area contributed by atoms with Crippen LogP contribution in [0.2, 0.25) is 0 Å². The van der Waals surface area contributed by atoms with Gasteiger partial charge in [0.05, 0.1) is 5.52 Å². The molecule has 0 aliphatic rings. The average molecular weight is 377 g/mol. The van der Waals surface area contributed by atoms with Gasteiger partial charge in [-0.05, 0) is 69.7 Å². The van der Waals surface area contributed by atoms with Crippen LogP contribution in [0.4, 0.5) is 11.5 Å². The lowest BCUT2D eigenvalue weighted by atomic mass is 10.1. The van der Waals surface area contributed by atoms with Crippen LogP contribution in [0.25, 0.3) is 10.9 Å². The molecule has 1 aromatic heterocycles. The molecule has 28 heavy (non-hydrogen) atoms. The van der Waals surface area contributed by atoms with E-state index in [0.29, 0.717) is 5.75 Å². The number of carbonyl (C=O) groups excluding carboxylic acids is 1. The zero-order valence-electron chi connectivity index (χ0n) is 17.0. The Kier molecular flexibility index (Phi) is 6.14. The van der Waals surface area contributed by atoms with Crippen molar-refractivity contribution in [3.63, 3.8) is 0 Å². The fourth-order valence-corrected chi connectivity index (χ4v) is 3.14. The Balaban J connectivity index is 1.71. The third-order valence-corrected chi connectivity index (χ3v) is 4.76. The highest BCUT2D eigenvalue weighted by Gasteiger charge is 2.10. The van der Waals surface area contributed by atoms with Gasteiger partial charge in [-0.25, -0.2) is 4.98 Å². The van der Waals surface area contributed by atoms with Gasteiger partial charge in [-0.3, -0.25) is 4.79 Å². The highest BCUT2D eigenvalue weighted by molar-refractivity contribution is 5.95. The Morgan fingerprint density at radius 1 is 1.04 bits per heavy atom. The van der Waals surface area contributed by atoms with Crippen molar-refractivity contribution in [2.45, 2.75) is 27.7 Å². The van der Waals surface area contributed by atoms with E-state index in [-0.39, 0.29) is 12.5 Å². The van der Waals surface area contributed by atoms with E-state index in [4.69, 9.17) is 9.72 Å². The Morgan fingerprint density at radius 2 is 1.75 bits per heavy atom. The van der Waals surface area contributed by atoms with Crippen LogP contribution in [-0.2, 0) is 4.79 Å². The van der Waals surface area contributed by atoms with Crippen LogP contribution < -0.4 is 15.0 Å². The standard InChI is InChI=1S/C23H27N3O2/c1-5-26(6-2)22-13-17(4)20-14-18(9-12-21(20)25-22)24-23(27)15-28-19-10-7-16(3)8-11-19/h7-14H,5-6,15H2,1-4H3,(H,24,27). The minimum atomic E-state index is -0.190. The molecule has 0 radical (unpaired) electrons. The second kappa shape index (κ2) is 8.74. The number of amides is 1. The van der Waals surface area contributed by atoms with Gasteiger partial charge < -0.3 is 15.0 Å². The predicted molar refractivity (Wildman–Crippen MR) is 115 cm³/mol. The van der Waals surface area contributed by atoms with Crippen molar-refractivity contribution in [2.75, 3.05) is 29.9 Å². The molecule has 0 unspecified atom stereocenters. The molecule has 1 heterocycles. The molecule has 1 amide bonds. The van der Waals surface area contributed by atoms with E-state index in [2.05, 4.69) is 37.1 Å². The second-order valence-corrected chi connectivity index (χ2v) is 6.85. The van der Waals surface area contributed by atoms with Crippen molar-refractivity contribution in [1.82, 2.24) is 4.98 Å². The molecule has 5 nitrogen and oxygen atoms in total. The Hall–Kier alpha value is -3.08. The van der Waals surface area contributed by atoms with Crippen molar-refractivity contribution in [1.29, 1.82) is 0 Å². The molecule has 0 aliphatic heterocycles. The number of rotatable bonds is 7. The quantitative estimate of drug-likeness (QED) is 0.647. The third kappa shape index (κ3) is 4.60. The number of nitrogens with one attached hydrogen (secondary N) is 1.